The summed E-state index contributed by atoms with van der Waals surface area (Å²) < 4.78 is 1.92. The molecule has 2 aromatic rings. The first-order chi connectivity index (χ1) is 6.61. The highest BCUT2D eigenvalue weighted by molar-refractivity contribution is 5.83. The number of phenolic OH excluding ortho intramolecular Hbond substituents is 2. The molecule has 1 aromatic heterocycles. The van der Waals surface area contributed by atoms with Crippen LogP contribution in [-0.2, 0) is 7.05 Å². The highest BCUT2D eigenvalue weighted by Gasteiger charge is 2.14. The number of nitrogens with zero attached hydrogens (tertiary/aromatic N) is 1. The Balaban J connectivity index is 2.99. The third-order valence-electron chi connectivity index (χ3n) is 2.46. The number of phenols is 2. The van der Waals surface area contributed by atoms with E-state index in [1.807, 2.05) is 29.9 Å². The van der Waals surface area contributed by atoms with Gasteiger partial charge in [-0.05, 0) is 19.1 Å². The molecular formula is C11H12NO2+. The van der Waals surface area contributed by atoms with E-state index in [1.165, 1.54) is 0 Å². The summed E-state index contributed by atoms with van der Waals surface area (Å²) in [7, 11) is 1.91. The predicted molar refractivity (Wildman–Crippen MR) is 53.2 cm³/mol. The molecule has 0 saturated heterocycles. The van der Waals surface area contributed by atoms with Crippen LogP contribution in [0.3, 0.4) is 0 Å². The van der Waals surface area contributed by atoms with Gasteiger partial charge in [-0.25, -0.2) is 4.57 Å². The maximum Gasteiger partial charge on any atom is 0.219 e. The van der Waals surface area contributed by atoms with E-state index >= 15 is 0 Å². The van der Waals surface area contributed by atoms with Crippen molar-refractivity contribution < 1.29 is 14.8 Å². The largest absolute Gasteiger partial charge is 0.504 e. The third-order valence-corrected chi connectivity index (χ3v) is 2.46. The minimum Gasteiger partial charge on any atom is -0.504 e. The summed E-state index contributed by atoms with van der Waals surface area (Å²) in [6, 6.07) is 5.37. The second-order valence-corrected chi connectivity index (χ2v) is 3.43. The molecule has 2 N–H and O–H groups in total. The molecule has 0 radical (unpaired) electrons. The zero-order valence-corrected chi connectivity index (χ0v) is 8.15. The molecule has 3 heteroatoms. The fourth-order valence-corrected chi connectivity index (χ4v) is 1.75. The molecule has 0 fully saturated rings. The minimum atomic E-state index is -0.0683. The average Bonchev–Trinajstić information content (AvgIpc) is 2.14. The van der Waals surface area contributed by atoms with Crippen LogP contribution in [-0.4, -0.2) is 10.2 Å². The van der Waals surface area contributed by atoms with Crippen LogP contribution in [0.15, 0.2) is 24.4 Å². The molecule has 72 valence electrons. The van der Waals surface area contributed by atoms with Gasteiger partial charge in [0.2, 0.25) is 5.52 Å². The van der Waals surface area contributed by atoms with Crippen molar-refractivity contribution in [1.29, 1.82) is 0 Å². The molecule has 1 heterocycles. The van der Waals surface area contributed by atoms with E-state index in [0.717, 1.165) is 10.9 Å². The summed E-state index contributed by atoms with van der Waals surface area (Å²) in [6.07, 6.45) is 1.91. The molecule has 1 aromatic carbocycles. The highest BCUT2D eigenvalue weighted by atomic mass is 16.3. The van der Waals surface area contributed by atoms with Gasteiger partial charge < -0.3 is 10.2 Å². The lowest BCUT2D eigenvalue weighted by molar-refractivity contribution is -0.645. The Morgan fingerprint density at radius 2 is 2.00 bits per heavy atom. The van der Waals surface area contributed by atoms with E-state index in [2.05, 4.69) is 0 Å². The van der Waals surface area contributed by atoms with Crippen LogP contribution in [0.1, 0.15) is 5.56 Å². The van der Waals surface area contributed by atoms with Crippen molar-refractivity contribution >= 4 is 10.9 Å². The molecule has 0 aliphatic heterocycles. The Morgan fingerprint density at radius 3 is 2.71 bits per heavy atom. The van der Waals surface area contributed by atoms with Crippen LogP contribution < -0.4 is 4.57 Å². The summed E-state index contributed by atoms with van der Waals surface area (Å²) >= 11 is 0. The molecule has 2 rings (SSSR count). The standard InChI is InChI=1S/C11H11NO2/c1-7-10-8(4-3-5-12(10)2)6-9(13)11(7)14/h3-6,13H,1-2H3/p+1. The molecule has 0 atom stereocenters. The van der Waals surface area contributed by atoms with Gasteiger partial charge in [-0.2, -0.15) is 0 Å². The van der Waals surface area contributed by atoms with E-state index in [0.29, 0.717) is 5.56 Å². The summed E-state index contributed by atoms with van der Waals surface area (Å²) in [5, 5.41) is 19.9. The Hall–Kier alpha value is -1.77. The second kappa shape index (κ2) is 2.87. The lowest BCUT2D eigenvalue weighted by Gasteiger charge is -2.04. The Bertz CT molecular complexity index is 506. The first kappa shape index (κ1) is 8.81. The maximum absolute atomic E-state index is 9.57. The van der Waals surface area contributed by atoms with E-state index in [-0.39, 0.29) is 11.5 Å². The average molecular weight is 190 g/mol. The molecular weight excluding hydrogens is 178 g/mol. The van der Waals surface area contributed by atoms with Crippen molar-refractivity contribution in [3.8, 4) is 11.5 Å². The first-order valence-electron chi connectivity index (χ1n) is 4.41. The van der Waals surface area contributed by atoms with E-state index in [1.54, 1.807) is 13.0 Å². The Labute approximate surface area is 81.9 Å². The van der Waals surface area contributed by atoms with Crippen LogP contribution in [0.5, 0.6) is 11.5 Å². The number of rotatable bonds is 0. The Morgan fingerprint density at radius 1 is 1.29 bits per heavy atom. The number of aryl methyl sites for hydroxylation is 2. The fraction of sp³-hybridized carbons (Fsp3) is 0.182. The number of hydrogen-bond donors (Lipinski definition) is 2. The second-order valence-electron chi connectivity index (χ2n) is 3.43. The van der Waals surface area contributed by atoms with Crippen molar-refractivity contribution in [2.75, 3.05) is 0 Å². The SMILES string of the molecule is Cc1c(O)c(O)cc2ccc[n+](C)c12. The van der Waals surface area contributed by atoms with Crippen molar-refractivity contribution in [3.05, 3.63) is 30.0 Å². The monoisotopic (exact) mass is 190 g/mol. The van der Waals surface area contributed by atoms with E-state index in [9.17, 15) is 10.2 Å². The van der Waals surface area contributed by atoms with Crippen LogP contribution in [0.2, 0.25) is 0 Å². The summed E-state index contributed by atoms with van der Waals surface area (Å²) in [4.78, 5) is 0. The molecule has 0 saturated carbocycles. The van der Waals surface area contributed by atoms with Crippen LogP contribution in [0, 0.1) is 6.92 Å². The quantitative estimate of drug-likeness (QED) is 0.487. The number of pyridine rings is 1. The lowest BCUT2D eigenvalue weighted by Crippen LogP contribution is -2.28. The number of hydrogen-bond acceptors (Lipinski definition) is 2. The Kier molecular flexibility index (Phi) is 1.81. The molecule has 14 heavy (non-hydrogen) atoms. The van der Waals surface area contributed by atoms with Gasteiger partial charge >= 0.3 is 0 Å². The van der Waals surface area contributed by atoms with Gasteiger partial charge in [0.25, 0.3) is 0 Å². The lowest BCUT2D eigenvalue weighted by atomic mass is 10.1. The molecule has 0 bridgehead atoms. The molecule has 0 aliphatic rings. The molecule has 0 aliphatic carbocycles. The summed E-state index contributed by atoms with van der Waals surface area (Å²) in [5.74, 6) is -0.111. The molecule has 0 amide bonds. The van der Waals surface area contributed by atoms with Gasteiger partial charge in [-0.1, -0.05) is 0 Å². The van der Waals surface area contributed by atoms with Gasteiger partial charge in [-0.3, -0.25) is 0 Å². The van der Waals surface area contributed by atoms with Gasteiger partial charge in [-0.15, -0.1) is 0 Å². The van der Waals surface area contributed by atoms with Crippen LogP contribution >= 0.6 is 0 Å². The van der Waals surface area contributed by atoms with Crippen LogP contribution in [0.4, 0.5) is 0 Å². The topological polar surface area (TPSA) is 44.3 Å². The molecule has 0 spiro atoms. The van der Waals surface area contributed by atoms with Crippen molar-refractivity contribution in [1.82, 2.24) is 0 Å². The number of benzene rings is 1. The fourth-order valence-electron chi connectivity index (χ4n) is 1.75. The van der Waals surface area contributed by atoms with Gasteiger partial charge in [0.15, 0.2) is 17.7 Å². The van der Waals surface area contributed by atoms with Gasteiger partial charge in [0.05, 0.1) is 10.9 Å². The normalized spacial score (nSPS) is 10.7. The number of aromatic nitrogens is 1. The maximum atomic E-state index is 9.57. The van der Waals surface area contributed by atoms with Crippen molar-refractivity contribution in [2.24, 2.45) is 7.05 Å². The van der Waals surface area contributed by atoms with Crippen LogP contribution in [0.25, 0.3) is 10.9 Å². The number of aromatic hydroxyl groups is 2. The van der Waals surface area contributed by atoms with E-state index in [4.69, 9.17) is 0 Å². The smallest absolute Gasteiger partial charge is 0.219 e. The summed E-state index contributed by atoms with van der Waals surface area (Å²) in [5.41, 5.74) is 1.63. The summed E-state index contributed by atoms with van der Waals surface area (Å²) in [6.45, 7) is 1.79. The highest BCUT2D eigenvalue weighted by Crippen LogP contribution is 2.33. The van der Waals surface area contributed by atoms with Crippen molar-refractivity contribution in [2.45, 2.75) is 6.92 Å². The zero-order chi connectivity index (χ0) is 10.3. The number of fused-ring (bicyclic) bond motifs is 1. The minimum absolute atomic E-state index is 0.0423. The van der Waals surface area contributed by atoms with Crippen molar-refractivity contribution in [3.63, 3.8) is 0 Å². The molecule has 3 nitrogen and oxygen atoms in total. The zero-order valence-electron chi connectivity index (χ0n) is 8.15. The first-order valence-corrected chi connectivity index (χ1v) is 4.41. The molecule has 0 unspecified atom stereocenters. The van der Waals surface area contributed by atoms with Gasteiger partial charge in [0, 0.05) is 6.07 Å². The predicted octanol–water partition coefficient (Wildman–Crippen LogP) is 1.38. The van der Waals surface area contributed by atoms with Gasteiger partial charge in [0.1, 0.15) is 7.05 Å². The third kappa shape index (κ3) is 1.09. The van der Waals surface area contributed by atoms with E-state index < -0.39 is 0 Å².